The minimum absolute atomic E-state index is 0.851. The van der Waals surface area contributed by atoms with E-state index in [1.807, 2.05) is 39.0 Å². The zero-order valence-corrected chi connectivity index (χ0v) is 9.18. The van der Waals surface area contributed by atoms with Crippen LogP contribution in [0.15, 0.2) is 23.8 Å². The number of nitrogens with zero attached hydrogens (tertiary/aromatic N) is 1. The molecule has 0 aliphatic rings. The second kappa shape index (κ2) is 4.62. The third-order valence-electron chi connectivity index (χ3n) is 1.92. The molecule has 0 aliphatic carbocycles. The van der Waals surface area contributed by atoms with Crippen LogP contribution in [0.1, 0.15) is 30.8 Å². The molecule has 0 atom stereocenters. The topological polar surface area (TPSA) is 12.9 Å². The number of allylic oxidation sites excluding steroid dienone is 2. The maximum Gasteiger partial charge on any atom is 0.114 e. The van der Waals surface area contributed by atoms with Crippen LogP contribution in [-0.2, 0) is 0 Å². The average molecular weight is 185 g/mol. The van der Waals surface area contributed by atoms with E-state index in [1.54, 1.807) is 0 Å². The molecule has 72 valence electrons. The molecule has 1 aromatic heterocycles. The van der Waals surface area contributed by atoms with E-state index in [4.69, 9.17) is 0 Å². The van der Waals surface area contributed by atoms with Crippen molar-refractivity contribution in [2.24, 2.45) is 0 Å². The summed E-state index contributed by atoms with van der Waals surface area (Å²) in [6, 6.07) is 4.05. The van der Waals surface area contributed by atoms with Gasteiger partial charge in [0.2, 0.25) is 0 Å². The van der Waals surface area contributed by atoms with Crippen molar-refractivity contribution in [3.63, 3.8) is 0 Å². The van der Waals surface area contributed by atoms with Crippen LogP contribution < -0.4 is 0 Å². The molecule has 1 heterocycles. The minimum atomic E-state index is 0.851. The molecular formula is C13H15N. The molecule has 0 aromatic carbocycles. The lowest BCUT2D eigenvalue weighted by molar-refractivity contribution is 1.15. The molecule has 1 rings (SSSR count). The normalized spacial score (nSPS) is 10.7. The third kappa shape index (κ3) is 3.06. The van der Waals surface area contributed by atoms with Crippen molar-refractivity contribution in [2.75, 3.05) is 0 Å². The Balaban J connectivity index is 3.01. The Morgan fingerprint density at radius 1 is 1.36 bits per heavy atom. The van der Waals surface area contributed by atoms with E-state index in [9.17, 15) is 0 Å². The first kappa shape index (κ1) is 10.5. The molecular weight excluding hydrogens is 170 g/mol. The van der Waals surface area contributed by atoms with Crippen molar-refractivity contribution in [3.8, 4) is 11.8 Å². The molecule has 0 fully saturated rings. The van der Waals surface area contributed by atoms with Gasteiger partial charge < -0.3 is 0 Å². The van der Waals surface area contributed by atoms with Gasteiger partial charge in [-0.2, -0.15) is 0 Å². The summed E-state index contributed by atoms with van der Waals surface area (Å²) in [5.74, 6) is 6.10. The van der Waals surface area contributed by atoms with Crippen LogP contribution in [0.2, 0.25) is 0 Å². The first-order chi connectivity index (χ1) is 6.61. The first-order valence-corrected chi connectivity index (χ1v) is 4.72. The SMILES string of the molecule is C/C=C(\C)C#Cc1cc(C)cc(C)n1. The summed E-state index contributed by atoms with van der Waals surface area (Å²) < 4.78 is 0. The van der Waals surface area contributed by atoms with Crippen molar-refractivity contribution >= 4 is 0 Å². The summed E-state index contributed by atoms with van der Waals surface area (Å²) in [4.78, 5) is 4.34. The number of pyridine rings is 1. The fourth-order valence-corrected chi connectivity index (χ4v) is 1.14. The maximum absolute atomic E-state index is 4.34. The van der Waals surface area contributed by atoms with Crippen LogP contribution in [-0.4, -0.2) is 4.98 Å². The zero-order valence-electron chi connectivity index (χ0n) is 9.18. The van der Waals surface area contributed by atoms with Crippen molar-refractivity contribution in [3.05, 3.63) is 40.7 Å². The quantitative estimate of drug-likeness (QED) is 0.566. The molecule has 0 radical (unpaired) electrons. The number of aryl methyl sites for hydroxylation is 2. The summed E-state index contributed by atoms with van der Waals surface area (Å²) in [6.45, 7) is 8.03. The number of hydrogen-bond acceptors (Lipinski definition) is 1. The van der Waals surface area contributed by atoms with Gasteiger partial charge in [-0.05, 0) is 56.9 Å². The van der Waals surface area contributed by atoms with Gasteiger partial charge >= 0.3 is 0 Å². The van der Waals surface area contributed by atoms with Crippen molar-refractivity contribution < 1.29 is 0 Å². The highest BCUT2D eigenvalue weighted by Crippen LogP contribution is 2.03. The summed E-state index contributed by atoms with van der Waals surface area (Å²) in [6.07, 6.45) is 2.00. The van der Waals surface area contributed by atoms with Crippen LogP contribution in [0.5, 0.6) is 0 Å². The molecule has 1 heteroatoms. The predicted molar refractivity (Wildman–Crippen MR) is 60.0 cm³/mol. The molecule has 14 heavy (non-hydrogen) atoms. The van der Waals surface area contributed by atoms with Gasteiger partial charge in [0.25, 0.3) is 0 Å². The van der Waals surface area contributed by atoms with E-state index in [0.717, 1.165) is 17.0 Å². The largest absolute Gasteiger partial charge is 0.245 e. The zero-order chi connectivity index (χ0) is 10.6. The highest BCUT2D eigenvalue weighted by atomic mass is 14.7. The molecule has 0 saturated carbocycles. The van der Waals surface area contributed by atoms with Crippen LogP contribution in [0.3, 0.4) is 0 Å². The van der Waals surface area contributed by atoms with E-state index in [2.05, 4.69) is 23.7 Å². The molecule has 0 spiro atoms. The van der Waals surface area contributed by atoms with Gasteiger partial charge in [0.05, 0.1) is 0 Å². The minimum Gasteiger partial charge on any atom is -0.245 e. The fraction of sp³-hybridized carbons (Fsp3) is 0.308. The monoisotopic (exact) mass is 185 g/mol. The van der Waals surface area contributed by atoms with Gasteiger partial charge in [0.15, 0.2) is 0 Å². The summed E-state index contributed by atoms with van der Waals surface area (Å²) >= 11 is 0. The van der Waals surface area contributed by atoms with E-state index in [0.29, 0.717) is 0 Å². The number of aromatic nitrogens is 1. The lowest BCUT2D eigenvalue weighted by Crippen LogP contribution is -1.88. The highest BCUT2D eigenvalue weighted by molar-refractivity contribution is 5.37. The Morgan fingerprint density at radius 2 is 2.07 bits per heavy atom. The summed E-state index contributed by atoms with van der Waals surface area (Å²) in [5, 5.41) is 0. The Bertz CT molecular complexity index is 396. The fourth-order valence-electron chi connectivity index (χ4n) is 1.14. The lowest BCUT2D eigenvalue weighted by Gasteiger charge is -1.96. The van der Waals surface area contributed by atoms with Gasteiger partial charge in [-0.15, -0.1) is 0 Å². The molecule has 0 unspecified atom stereocenters. The number of hydrogen-bond donors (Lipinski definition) is 0. The van der Waals surface area contributed by atoms with E-state index in [-0.39, 0.29) is 0 Å². The van der Waals surface area contributed by atoms with E-state index < -0.39 is 0 Å². The third-order valence-corrected chi connectivity index (χ3v) is 1.92. The lowest BCUT2D eigenvalue weighted by atomic mass is 10.2. The molecule has 0 N–H and O–H groups in total. The predicted octanol–water partition coefficient (Wildman–Crippen LogP) is 3.02. The van der Waals surface area contributed by atoms with Gasteiger partial charge in [-0.25, -0.2) is 4.98 Å². The first-order valence-electron chi connectivity index (χ1n) is 4.72. The molecule has 1 aromatic rings. The smallest absolute Gasteiger partial charge is 0.114 e. The molecule has 0 bridgehead atoms. The van der Waals surface area contributed by atoms with Gasteiger partial charge in [-0.1, -0.05) is 12.0 Å². The molecule has 1 nitrogen and oxygen atoms in total. The summed E-state index contributed by atoms with van der Waals surface area (Å²) in [7, 11) is 0. The van der Waals surface area contributed by atoms with Gasteiger partial charge in [0, 0.05) is 5.69 Å². The summed E-state index contributed by atoms with van der Waals surface area (Å²) in [5.41, 5.74) is 4.15. The Hall–Kier alpha value is -1.55. The molecule has 0 aliphatic heterocycles. The Labute approximate surface area is 85.9 Å². The Kier molecular flexibility index (Phi) is 3.48. The van der Waals surface area contributed by atoms with Crippen LogP contribution in [0.25, 0.3) is 0 Å². The second-order valence-corrected chi connectivity index (χ2v) is 3.39. The second-order valence-electron chi connectivity index (χ2n) is 3.39. The van der Waals surface area contributed by atoms with Gasteiger partial charge in [-0.3, -0.25) is 0 Å². The number of rotatable bonds is 0. The van der Waals surface area contributed by atoms with Crippen molar-refractivity contribution in [1.82, 2.24) is 4.98 Å². The van der Waals surface area contributed by atoms with Crippen LogP contribution in [0.4, 0.5) is 0 Å². The van der Waals surface area contributed by atoms with E-state index in [1.165, 1.54) is 5.56 Å². The van der Waals surface area contributed by atoms with Crippen LogP contribution in [0, 0.1) is 25.7 Å². The standard InChI is InChI=1S/C13H15N/c1-5-10(2)6-7-13-9-11(3)8-12(4)14-13/h5,8-9H,1-4H3/b10-5+. The van der Waals surface area contributed by atoms with Crippen molar-refractivity contribution in [2.45, 2.75) is 27.7 Å². The van der Waals surface area contributed by atoms with E-state index >= 15 is 0 Å². The maximum atomic E-state index is 4.34. The highest BCUT2D eigenvalue weighted by Gasteiger charge is 1.92. The average Bonchev–Trinajstić information content (AvgIpc) is 2.12. The Morgan fingerprint density at radius 3 is 2.64 bits per heavy atom. The van der Waals surface area contributed by atoms with Gasteiger partial charge in [0.1, 0.15) is 5.69 Å². The van der Waals surface area contributed by atoms with Crippen LogP contribution >= 0.6 is 0 Å². The molecule has 0 saturated heterocycles. The molecule has 0 amide bonds. The van der Waals surface area contributed by atoms with Crippen molar-refractivity contribution in [1.29, 1.82) is 0 Å².